The van der Waals surface area contributed by atoms with Gasteiger partial charge in [-0.2, -0.15) is 26.3 Å². The fraction of sp³-hybridized carbons (Fsp3) is 0.240. The van der Waals surface area contributed by atoms with Crippen LogP contribution in [-0.4, -0.2) is 43.0 Å². The van der Waals surface area contributed by atoms with E-state index in [-0.39, 0.29) is 22.2 Å². The van der Waals surface area contributed by atoms with E-state index in [4.69, 9.17) is 28.0 Å². The smallest absolute Gasteiger partial charge is 0.374 e. The summed E-state index contributed by atoms with van der Waals surface area (Å²) in [5.41, 5.74) is -3.57. The molecule has 40 heavy (non-hydrogen) atoms. The SMILES string of the molecule is O=C(CNC(=O)c1ccc(C2=NO[C@@](c3cc(Cl)c(F)c(Cl)c3)(C(F)(F)F)C2)c2ccccc12)NCC(F)(F)F. The Morgan fingerprint density at radius 3 is 2.17 bits per heavy atom. The lowest BCUT2D eigenvalue weighted by Crippen LogP contribution is -2.42. The highest BCUT2D eigenvalue weighted by molar-refractivity contribution is 6.35. The highest BCUT2D eigenvalue weighted by Gasteiger charge is 2.62. The average molecular weight is 610 g/mol. The third-order valence-corrected chi connectivity index (χ3v) is 6.56. The van der Waals surface area contributed by atoms with Gasteiger partial charge in [-0.05, 0) is 29.0 Å². The van der Waals surface area contributed by atoms with Gasteiger partial charge in [-0.25, -0.2) is 4.39 Å². The summed E-state index contributed by atoms with van der Waals surface area (Å²) < 4.78 is 93.9. The fourth-order valence-electron chi connectivity index (χ4n) is 4.10. The standard InChI is InChI=1S/C25H16Cl2F7N3O3/c26-17-7-12(8-18(27)21(17)28)23(25(32,33)34)9-19(37-40-23)15-5-6-16(14-4-2-1-3-13(14)15)22(39)35-10-20(38)36-11-24(29,30)31/h1-8H,9-11H2,(H,35,39)(H,36,38)/t23-/m0/s1. The van der Waals surface area contributed by atoms with E-state index < -0.39 is 70.7 Å². The van der Waals surface area contributed by atoms with Gasteiger partial charge in [0.15, 0.2) is 5.82 Å². The number of fused-ring (bicyclic) bond motifs is 1. The molecule has 0 unspecified atom stereocenters. The first-order valence-electron chi connectivity index (χ1n) is 11.2. The number of hydrogen-bond acceptors (Lipinski definition) is 4. The monoisotopic (exact) mass is 609 g/mol. The minimum Gasteiger partial charge on any atom is -0.374 e. The summed E-state index contributed by atoms with van der Waals surface area (Å²) in [7, 11) is 0. The van der Waals surface area contributed by atoms with E-state index in [1.54, 1.807) is 17.4 Å². The molecule has 0 spiro atoms. The highest BCUT2D eigenvalue weighted by atomic mass is 35.5. The lowest BCUT2D eigenvalue weighted by molar-refractivity contribution is -0.275. The van der Waals surface area contributed by atoms with Gasteiger partial charge in [-0.3, -0.25) is 9.59 Å². The molecule has 2 N–H and O–H groups in total. The molecule has 0 saturated heterocycles. The fourth-order valence-corrected chi connectivity index (χ4v) is 4.59. The van der Waals surface area contributed by atoms with Crippen molar-refractivity contribution in [2.45, 2.75) is 24.4 Å². The molecular formula is C25H16Cl2F7N3O3. The predicted molar refractivity (Wildman–Crippen MR) is 132 cm³/mol. The van der Waals surface area contributed by atoms with Crippen LogP contribution >= 0.6 is 23.2 Å². The summed E-state index contributed by atoms with van der Waals surface area (Å²) in [6.45, 7) is -2.32. The number of nitrogens with one attached hydrogen (secondary N) is 2. The van der Waals surface area contributed by atoms with E-state index in [1.165, 1.54) is 24.3 Å². The molecule has 1 aliphatic heterocycles. The van der Waals surface area contributed by atoms with Crippen LogP contribution < -0.4 is 10.6 Å². The number of amides is 2. The number of halogens is 9. The molecule has 0 saturated carbocycles. The summed E-state index contributed by atoms with van der Waals surface area (Å²) in [5.74, 6) is -2.98. The zero-order valence-electron chi connectivity index (χ0n) is 19.8. The van der Waals surface area contributed by atoms with E-state index in [9.17, 15) is 40.3 Å². The van der Waals surface area contributed by atoms with Crippen molar-refractivity contribution in [2.24, 2.45) is 5.16 Å². The van der Waals surface area contributed by atoms with Crippen LogP contribution in [0.25, 0.3) is 10.8 Å². The second-order valence-electron chi connectivity index (χ2n) is 8.67. The molecular weight excluding hydrogens is 594 g/mol. The molecule has 0 aromatic heterocycles. The van der Waals surface area contributed by atoms with Crippen LogP contribution in [0.5, 0.6) is 0 Å². The van der Waals surface area contributed by atoms with Crippen LogP contribution in [-0.2, 0) is 15.2 Å². The van der Waals surface area contributed by atoms with Crippen molar-refractivity contribution in [1.29, 1.82) is 0 Å². The van der Waals surface area contributed by atoms with Crippen molar-refractivity contribution in [3.63, 3.8) is 0 Å². The van der Waals surface area contributed by atoms with Gasteiger partial charge in [0.1, 0.15) is 6.54 Å². The maximum absolute atomic E-state index is 14.4. The number of carbonyl (C=O) groups excluding carboxylic acids is 2. The van der Waals surface area contributed by atoms with Crippen LogP contribution in [0.3, 0.4) is 0 Å². The molecule has 4 rings (SSSR count). The third kappa shape index (κ3) is 5.80. The predicted octanol–water partition coefficient (Wildman–Crippen LogP) is 6.28. The number of benzene rings is 3. The maximum Gasteiger partial charge on any atom is 0.435 e. The quantitative estimate of drug-likeness (QED) is 0.255. The molecule has 3 aromatic carbocycles. The Balaban J connectivity index is 1.63. The van der Waals surface area contributed by atoms with E-state index in [0.29, 0.717) is 5.39 Å². The molecule has 0 fully saturated rings. The second-order valence-corrected chi connectivity index (χ2v) is 9.48. The molecule has 1 heterocycles. The zero-order chi connectivity index (χ0) is 29.5. The lowest BCUT2D eigenvalue weighted by Gasteiger charge is -2.29. The normalized spacial score (nSPS) is 17.4. The summed E-state index contributed by atoms with van der Waals surface area (Å²) in [6, 6.07) is 10.2. The molecule has 1 aliphatic rings. The first-order valence-corrected chi connectivity index (χ1v) is 12.0. The van der Waals surface area contributed by atoms with E-state index in [1.807, 2.05) is 0 Å². The van der Waals surface area contributed by atoms with Crippen LogP contribution in [0.2, 0.25) is 10.0 Å². The maximum atomic E-state index is 14.4. The molecule has 2 amide bonds. The van der Waals surface area contributed by atoms with Gasteiger partial charge < -0.3 is 15.5 Å². The minimum atomic E-state index is -5.04. The number of oxime groups is 1. The number of alkyl halides is 6. The summed E-state index contributed by atoms with van der Waals surface area (Å²) in [5, 5.41) is 6.78. The number of rotatable bonds is 6. The largest absolute Gasteiger partial charge is 0.435 e. The van der Waals surface area contributed by atoms with Crippen molar-refractivity contribution < 1.29 is 45.2 Å². The van der Waals surface area contributed by atoms with Crippen molar-refractivity contribution in [1.82, 2.24) is 10.6 Å². The molecule has 0 radical (unpaired) electrons. The minimum absolute atomic E-state index is 0.00155. The van der Waals surface area contributed by atoms with Crippen molar-refractivity contribution >= 4 is 51.5 Å². The van der Waals surface area contributed by atoms with Gasteiger partial charge in [-0.15, -0.1) is 0 Å². The first-order chi connectivity index (χ1) is 18.6. The highest BCUT2D eigenvalue weighted by Crippen LogP contribution is 2.50. The first kappa shape index (κ1) is 29.4. The van der Waals surface area contributed by atoms with Gasteiger partial charge in [0, 0.05) is 23.1 Å². The Labute approximate surface area is 231 Å². The molecule has 212 valence electrons. The van der Waals surface area contributed by atoms with Gasteiger partial charge in [0.05, 0.1) is 22.3 Å². The average Bonchev–Trinajstić information content (AvgIpc) is 3.35. The van der Waals surface area contributed by atoms with E-state index in [2.05, 4.69) is 10.5 Å². The Kier molecular flexibility index (Phi) is 7.92. The Bertz CT molecular complexity index is 1500. The summed E-state index contributed by atoms with van der Waals surface area (Å²) in [4.78, 5) is 29.4. The molecule has 6 nitrogen and oxygen atoms in total. The molecule has 15 heteroatoms. The van der Waals surface area contributed by atoms with Crippen molar-refractivity contribution in [3.05, 3.63) is 81.1 Å². The third-order valence-electron chi connectivity index (χ3n) is 6.01. The molecule has 1 atom stereocenters. The lowest BCUT2D eigenvalue weighted by atomic mass is 9.85. The van der Waals surface area contributed by atoms with E-state index in [0.717, 1.165) is 12.1 Å². The zero-order valence-corrected chi connectivity index (χ0v) is 21.3. The van der Waals surface area contributed by atoms with Crippen LogP contribution in [0.15, 0.2) is 53.7 Å². The van der Waals surface area contributed by atoms with Gasteiger partial charge in [0.25, 0.3) is 11.5 Å². The second kappa shape index (κ2) is 10.8. The summed E-state index contributed by atoms with van der Waals surface area (Å²) >= 11 is 11.5. The van der Waals surface area contributed by atoms with Crippen LogP contribution in [0.4, 0.5) is 30.7 Å². The number of carbonyl (C=O) groups is 2. The van der Waals surface area contributed by atoms with Crippen molar-refractivity contribution in [2.75, 3.05) is 13.1 Å². The van der Waals surface area contributed by atoms with Gasteiger partial charge >= 0.3 is 12.4 Å². The Morgan fingerprint density at radius 2 is 1.57 bits per heavy atom. The number of nitrogens with zero attached hydrogens (tertiary/aromatic N) is 1. The van der Waals surface area contributed by atoms with Crippen LogP contribution in [0.1, 0.15) is 27.9 Å². The van der Waals surface area contributed by atoms with Crippen molar-refractivity contribution in [3.8, 4) is 0 Å². The van der Waals surface area contributed by atoms with E-state index >= 15 is 0 Å². The topological polar surface area (TPSA) is 79.8 Å². The molecule has 3 aromatic rings. The molecule has 0 aliphatic carbocycles. The van der Waals surface area contributed by atoms with Crippen LogP contribution in [0, 0.1) is 5.82 Å². The summed E-state index contributed by atoms with van der Waals surface area (Å²) in [6.07, 6.45) is -10.5. The van der Waals surface area contributed by atoms with Gasteiger partial charge in [-0.1, -0.05) is 58.7 Å². The van der Waals surface area contributed by atoms with Gasteiger partial charge in [0.2, 0.25) is 5.91 Å². The Hall–Kier alpha value is -3.58. The number of hydrogen-bond donors (Lipinski definition) is 2. The molecule has 0 bridgehead atoms. The Morgan fingerprint density at radius 1 is 0.950 bits per heavy atom.